The zero-order chi connectivity index (χ0) is 17.9. The Morgan fingerprint density at radius 3 is 2.69 bits per heavy atom. The van der Waals surface area contributed by atoms with Crippen LogP contribution in [0.5, 0.6) is 0 Å². The van der Waals surface area contributed by atoms with E-state index in [-0.39, 0.29) is 30.3 Å². The summed E-state index contributed by atoms with van der Waals surface area (Å²) >= 11 is 0. The molecule has 2 aliphatic rings. The molecule has 1 amide bonds. The second-order valence-electron chi connectivity index (χ2n) is 7.54. The number of nitrogens with zero attached hydrogens (tertiary/aromatic N) is 1. The highest BCUT2D eigenvalue weighted by atomic mass is 35.5. The van der Waals surface area contributed by atoms with Gasteiger partial charge >= 0.3 is 5.97 Å². The molecule has 1 heterocycles. The largest absolute Gasteiger partial charge is 0.481 e. The van der Waals surface area contributed by atoms with Crippen molar-refractivity contribution in [3.8, 4) is 0 Å². The molecule has 2 fully saturated rings. The first kappa shape index (κ1) is 20.7. The number of carboxylic acids is 1. The van der Waals surface area contributed by atoms with Gasteiger partial charge in [0.05, 0.1) is 18.0 Å². The summed E-state index contributed by atoms with van der Waals surface area (Å²) in [6.45, 7) is 3.63. The molecule has 0 radical (unpaired) electrons. The molecule has 1 aromatic carbocycles. The van der Waals surface area contributed by atoms with Crippen molar-refractivity contribution in [2.75, 3.05) is 19.6 Å². The molecule has 0 spiro atoms. The fraction of sp³-hybridized carbons (Fsp3) is 0.600. The minimum Gasteiger partial charge on any atom is -0.481 e. The quantitative estimate of drug-likeness (QED) is 0.761. The van der Waals surface area contributed by atoms with Gasteiger partial charge in [0.1, 0.15) is 0 Å². The highest BCUT2D eigenvalue weighted by Crippen LogP contribution is 2.48. The van der Waals surface area contributed by atoms with E-state index in [0.717, 1.165) is 44.2 Å². The van der Waals surface area contributed by atoms with Gasteiger partial charge in [-0.25, -0.2) is 0 Å². The first-order valence-corrected chi connectivity index (χ1v) is 9.35. The third-order valence-corrected chi connectivity index (χ3v) is 5.85. The van der Waals surface area contributed by atoms with Crippen molar-refractivity contribution in [1.29, 1.82) is 0 Å². The summed E-state index contributed by atoms with van der Waals surface area (Å²) in [6.07, 6.45) is 4.59. The van der Waals surface area contributed by atoms with E-state index in [1.807, 2.05) is 35.2 Å². The van der Waals surface area contributed by atoms with Crippen LogP contribution in [0.1, 0.15) is 50.6 Å². The molecule has 0 bridgehead atoms. The fourth-order valence-electron chi connectivity index (χ4n) is 4.60. The summed E-state index contributed by atoms with van der Waals surface area (Å²) in [5.41, 5.74) is 0.501. The Morgan fingerprint density at radius 2 is 2.08 bits per heavy atom. The molecule has 1 saturated carbocycles. The standard InChI is InChI=1S/C20H28N2O3.ClH/c1-2-7-17(15-8-4-3-5-9-15)21-18(23)13-22-12-16-10-6-11-20(16,14-22)19(24)25;/h3-5,8-9,16-17H,2,6-7,10-14H2,1H3,(H,21,23)(H,24,25);1H/t16-,17?,20+;/m0./s1. The van der Waals surface area contributed by atoms with E-state index >= 15 is 0 Å². The van der Waals surface area contributed by atoms with Crippen LogP contribution in [0.15, 0.2) is 30.3 Å². The number of hydrogen-bond donors (Lipinski definition) is 2. The number of nitrogens with one attached hydrogen (secondary N) is 1. The van der Waals surface area contributed by atoms with Crippen LogP contribution in [0.4, 0.5) is 0 Å². The third-order valence-electron chi connectivity index (χ3n) is 5.85. The Kier molecular flexibility index (Phi) is 7.07. The number of hydrogen-bond acceptors (Lipinski definition) is 3. The van der Waals surface area contributed by atoms with Crippen LogP contribution in [0.3, 0.4) is 0 Å². The summed E-state index contributed by atoms with van der Waals surface area (Å²) in [5, 5.41) is 12.8. The lowest BCUT2D eigenvalue weighted by molar-refractivity contribution is -0.149. The van der Waals surface area contributed by atoms with Gasteiger partial charge in [0.15, 0.2) is 0 Å². The Bertz CT molecular complexity index is 625. The van der Waals surface area contributed by atoms with Crippen LogP contribution in [0.25, 0.3) is 0 Å². The average molecular weight is 381 g/mol. The summed E-state index contributed by atoms with van der Waals surface area (Å²) in [5.74, 6) is -0.507. The van der Waals surface area contributed by atoms with Crippen molar-refractivity contribution < 1.29 is 14.7 Å². The average Bonchev–Trinajstić information content (AvgIpc) is 3.13. The van der Waals surface area contributed by atoms with E-state index < -0.39 is 11.4 Å². The van der Waals surface area contributed by atoms with Gasteiger partial charge in [-0.3, -0.25) is 14.5 Å². The number of carboxylic acid groups (broad SMARTS) is 1. The van der Waals surface area contributed by atoms with Gasteiger partial charge in [-0.15, -0.1) is 12.4 Å². The number of carbonyl (C=O) groups excluding carboxylic acids is 1. The maximum atomic E-state index is 12.6. The number of aliphatic carboxylic acids is 1. The lowest BCUT2D eigenvalue weighted by atomic mass is 9.81. The lowest BCUT2D eigenvalue weighted by Gasteiger charge is -2.24. The number of benzene rings is 1. The Hall–Kier alpha value is -1.59. The van der Waals surface area contributed by atoms with E-state index in [1.165, 1.54) is 0 Å². The summed E-state index contributed by atoms with van der Waals surface area (Å²) in [4.78, 5) is 26.3. The minimum absolute atomic E-state index is 0. The molecule has 144 valence electrons. The molecule has 1 aliphatic heterocycles. The second kappa shape index (κ2) is 8.87. The molecule has 2 N–H and O–H groups in total. The summed E-state index contributed by atoms with van der Waals surface area (Å²) < 4.78 is 0. The van der Waals surface area contributed by atoms with E-state index in [9.17, 15) is 14.7 Å². The van der Waals surface area contributed by atoms with Gasteiger partial charge in [-0.2, -0.15) is 0 Å². The van der Waals surface area contributed by atoms with Gasteiger partial charge < -0.3 is 10.4 Å². The van der Waals surface area contributed by atoms with E-state index in [4.69, 9.17) is 0 Å². The molecular weight excluding hydrogens is 352 g/mol. The predicted molar refractivity (Wildman–Crippen MR) is 103 cm³/mol. The first-order chi connectivity index (χ1) is 12.0. The second-order valence-corrected chi connectivity index (χ2v) is 7.54. The molecule has 1 unspecified atom stereocenters. The van der Waals surface area contributed by atoms with Crippen molar-refractivity contribution in [2.24, 2.45) is 11.3 Å². The number of rotatable bonds is 7. The Balaban J connectivity index is 0.00000243. The molecule has 1 saturated heterocycles. The van der Waals surface area contributed by atoms with Crippen molar-refractivity contribution in [3.05, 3.63) is 35.9 Å². The van der Waals surface area contributed by atoms with Crippen molar-refractivity contribution in [1.82, 2.24) is 10.2 Å². The minimum atomic E-state index is -0.689. The molecular formula is C20H29ClN2O3. The summed E-state index contributed by atoms with van der Waals surface area (Å²) in [7, 11) is 0. The van der Waals surface area contributed by atoms with Crippen LogP contribution >= 0.6 is 12.4 Å². The predicted octanol–water partition coefficient (Wildman–Crippen LogP) is 3.25. The van der Waals surface area contributed by atoms with Crippen molar-refractivity contribution >= 4 is 24.3 Å². The highest BCUT2D eigenvalue weighted by Gasteiger charge is 2.54. The maximum absolute atomic E-state index is 12.6. The van der Waals surface area contributed by atoms with Gasteiger partial charge in [0, 0.05) is 13.1 Å². The van der Waals surface area contributed by atoms with Crippen molar-refractivity contribution in [2.45, 2.75) is 45.1 Å². The number of halogens is 1. The summed E-state index contributed by atoms with van der Waals surface area (Å²) in [6, 6.07) is 10.1. The molecule has 1 aromatic rings. The molecule has 6 heteroatoms. The highest BCUT2D eigenvalue weighted by molar-refractivity contribution is 5.85. The smallest absolute Gasteiger partial charge is 0.311 e. The maximum Gasteiger partial charge on any atom is 0.311 e. The fourth-order valence-corrected chi connectivity index (χ4v) is 4.60. The monoisotopic (exact) mass is 380 g/mol. The molecule has 3 rings (SSSR count). The van der Waals surface area contributed by atoms with Crippen LogP contribution in [-0.4, -0.2) is 41.5 Å². The van der Waals surface area contributed by atoms with E-state index in [2.05, 4.69) is 12.2 Å². The van der Waals surface area contributed by atoms with Crippen LogP contribution in [0.2, 0.25) is 0 Å². The van der Waals surface area contributed by atoms with Gasteiger partial charge in [-0.05, 0) is 30.7 Å². The third kappa shape index (κ3) is 4.21. The van der Waals surface area contributed by atoms with Crippen molar-refractivity contribution in [3.63, 3.8) is 0 Å². The van der Waals surface area contributed by atoms with Crippen LogP contribution in [0, 0.1) is 11.3 Å². The van der Waals surface area contributed by atoms with Gasteiger partial charge in [-0.1, -0.05) is 50.1 Å². The van der Waals surface area contributed by atoms with Crippen LogP contribution < -0.4 is 5.32 Å². The molecule has 26 heavy (non-hydrogen) atoms. The number of likely N-dealkylation sites (tertiary alicyclic amines) is 1. The zero-order valence-electron chi connectivity index (χ0n) is 15.3. The lowest BCUT2D eigenvalue weighted by Crippen LogP contribution is -2.40. The number of amides is 1. The SMILES string of the molecule is CCCC(NC(=O)CN1C[C@@H]2CCC[C@@]2(C(=O)O)C1)c1ccccc1.Cl. The normalized spacial score (nSPS) is 26.0. The molecule has 0 aromatic heterocycles. The number of fused-ring (bicyclic) bond motifs is 1. The van der Waals surface area contributed by atoms with E-state index in [0.29, 0.717) is 13.1 Å². The van der Waals surface area contributed by atoms with Gasteiger partial charge in [0.25, 0.3) is 0 Å². The zero-order valence-corrected chi connectivity index (χ0v) is 16.1. The first-order valence-electron chi connectivity index (χ1n) is 9.35. The molecule has 1 aliphatic carbocycles. The topological polar surface area (TPSA) is 69.6 Å². The van der Waals surface area contributed by atoms with Crippen LogP contribution in [-0.2, 0) is 9.59 Å². The molecule has 5 nitrogen and oxygen atoms in total. The Labute approximate surface area is 161 Å². The van der Waals surface area contributed by atoms with Gasteiger partial charge in [0.2, 0.25) is 5.91 Å². The molecule has 3 atom stereocenters. The Morgan fingerprint density at radius 1 is 1.35 bits per heavy atom. The van der Waals surface area contributed by atoms with E-state index in [1.54, 1.807) is 0 Å². The number of carbonyl (C=O) groups is 2.